The first-order valence-corrected chi connectivity index (χ1v) is 9.39. The molecule has 0 heterocycles. The van der Waals surface area contributed by atoms with Crippen LogP contribution in [0.2, 0.25) is 0 Å². The minimum atomic E-state index is -0.758. The molecule has 0 aliphatic heterocycles. The van der Waals surface area contributed by atoms with E-state index in [4.69, 9.17) is 5.11 Å². The third kappa shape index (κ3) is 5.15. The third-order valence-corrected chi connectivity index (χ3v) is 5.30. The van der Waals surface area contributed by atoms with Gasteiger partial charge in [-0.2, -0.15) is 0 Å². The predicted molar refractivity (Wildman–Crippen MR) is 101 cm³/mol. The summed E-state index contributed by atoms with van der Waals surface area (Å²) >= 11 is 0. The zero-order valence-corrected chi connectivity index (χ0v) is 14.9. The van der Waals surface area contributed by atoms with Gasteiger partial charge in [0.1, 0.15) is 5.82 Å². The second-order valence-electron chi connectivity index (χ2n) is 7.18. The van der Waals surface area contributed by atoms with E-state index >= 15 is 0 Å². The van der Waals surface area contributed by atoms with E-state index in [-0.39, 0.29) is 18.3 Å². The van der Waals surface area contributed by atoms with Gasteiger partial charge < -0.3 is 10.4 Å². The summed E-state index contributed by atoms with van der Waals surface area (Å²) in [7, 11) is 0. The fraction of sp³-hybridized carbons (Fsp3) is 0.409. The summed E-state index contributed by atoms with van der Waals surface area (Å²) < 4.78 is 13.2. The number of hydrogen-bond donors (Lipinski definition) is 2. The average molecular weight is 355 g/mol. The second-order valence-corrected chi connectivity index (χ2v) is 7.18. The Morgan fingerprint density at radius 2 is 1.85 bits per heavy atom. The number of carboxylic acid groups (broad SMARTS) is 1. The second kappa shape index (κ2) is 8.95. The van der Waals surface area contributed by atoms with E-state index in [1.165, 1.54) is 17.7 Å². The highest BCUT2D eigenvalue weighted by Crippen LogP contribution is 2.35. The minimum Gasteiger partial charge on any atom is -0.481 e. The summed E-state index contributed by atoms with van der Waals surface area (Å²) in [5.41, 5.74) is 2.38. The van der Waals surface area contributed by atoms with Crippen LogP contribution < -0.4 is 5.32 Å². The molecule has 0 radical (unpaired) electrons. The largest absolute Gasteiger partial charge is 0.481 e. The van der Waals surface area contributed by atoms with Gasteiger partial charge in [0.05, 0.1) is 0 Å². The summed E-state index contributed by atoms with van der Waals surface area (Å²) in [5, 5.41) is 12.8. The molecule has 1 aliphatic carbocycles. The Balaban J connectivity index is 1.69. The Bertz CT molecular complexity index is 702. The fourth-order valence-electron chi connectivity index (χ4n) is 4.01. The van der Waals surface area contributed by atoms with E-state index in [0.717, 1.165) is 31.2 Å². The van der Waals surface area contributed by atoms with E-state index in [0.29, 0.717) is 18.4 Å². The van der Waals surface area contributed by atoms with Gasteiger partial charge in [0.15, 0.2) is 0 Å². The molecule has 2 aromatic carbocycles. The van der Waals surface area contributed by atoms with Gasteiger partial charge in [-0.3, -0.25) is 4.79 Å². The molecule has 3 unspecified atom stereocenters. The van der Waals surface area contributed by atoms with E-state index < -0.39 is 5.97 Å². The zero-order valence-electron chi connectivity index (χ0n) is 14.9. The van der Waals surface area contributed by atoms with Crippen LogP contribution in [0.25, 0.3) is 0 Å². The van der Waals surface area contributed by atoms with E-state index in [1.807, 2.05) is 30.3 Å². The van der Waals surface area contributed by atoms with Crippen LogP contribution in [0.15, 0.2) is 54.6 Å². The van der Waals surface area contributed by atoms with Crippen LogP contribution in [0.5, 0.6) is 0 Å². The molecule has 0 bridgehead atoms. The molecule has 2 aromatic rings. The molecular formula is C22H26FNO2. The normalized spacial score (nSPS) is 20.8. The van der Waals surface area contributed by atoms with E-state index in [1.54, 1.807) is 0 Å². The molecular weight excluding hydrogens is 329 g/mol. The SMILES string of the molecule is O=C(O)CCC(Cc1ccccc1)NC1CCCC1c1ccc(F)cc1. The Labute approximate surface area is 154 Å². The lowest BCUT2D eigenvalue weighted by Crippen LogP contribution is -2.41. The predicted octanol–water partition coefficient (Wildman–Crippen LogP) is 4.53. The smallest absolute Gasteiger partial charge is 0.303 e. The average Bonchev–Trinajstić information content (AvgIpc) is 3.09. The topological polar surface area (TPSA) is 49.3 Å². The molecule has 1 aliphatic rings. The van der Waals surface area contributed by atoms with Gasteiger partial charge >= 0.3 is 5.97 Å². The fourth-order valence-corrected chi connectivity index (χ4v) is 4.01. The number of hydrogen-bond acceptors (Lipinski definition) is 2. The Morgan fingerprint density at radius 3 is 2.54 bits per heavy atom. The first kappa shape index (κ1) is 18.6. The van der Waals surface area contributed by atoms with E-state index in [9.17, 15) is 9.18 Å². The van der Waals surface area contributed by atoms with Crippen molar-refractivity contribution in [2.75, 3.05) is 0 Å². The maximum atomic E-state index is 13.2. The van der Waals surface area contributed by atoms with Crippen LogP contribution in [-0.4, -0.2) is 23.2 Å². The van der Waals surface area contributed by atoms with Crippen molar-refractivity contribution in [1.82, 2.24) is 5.32 Å². The molecule has 3 rings (SSSR count). The van der Waals surface area contributed by atoms with Crippen molar-refractivity contribution in [2.45, 2.75) is 56.5 Å². The van der Waals surface area contributed by atoms with Crippen molar-refractivity contribution in [3.05, 3.63) is 71.5 Å². The molecule has 0 aromatic heterocycles. The quantitative estimate of drug-likeness (QED) is 0.731. The van der Waals surface area contributed by atoms with Crippen LogP contribution in [-0.2, 0) is 11.2 Å². The van der Waals surface area contributed by atoms with Crippen molar-refractivity contribution in [3.63, 3.8) is 0 Å². The van der Waals surface area contributed by atoms with Gasteiger partial charge in [0.2, 0.25) is 0 Å². The highest BCUT2D eigenvalue weighted by Gasteiger charge is 2.30. The summed E-state index contributed by atoms with van der Waals surface area (Å²) in [5.74, 6) is -0.607. The lowest BCUT2D eigenvalue weighted by Gasteiger charge is -2.27. The Kier molecular flexibility index (Phi) is 6.40. The zero-order chi connectivity index (χ0) is 18.4. The molecule has 0 amide bonds. The number of aliphatic carboxylic acids is 1. The van der Waals surface area contributed by atoms with Gasteiger partial charge in [-0.1, -0.05) is 48.9 Å². The standard InChI is InChI=1S/C22H26FNO2/c23-18-11-9-17(10-12-18)20-7-4-8-21(20)24-19(13-14-22(25)26)15-16-5-2-1-3-6-16/h1-3,5-6,9-12,19-21,24H,4,7-8,13-15H2,(H,25,26). The molecule has 0 spiro atoms. The lowest BCUT2D eigenvalue weighted by molar-refractivity contribution is -0.137. The minimum absolute atomic E-state index is 0.125. The number of halogens is 1. The Hall–Kier alpha value is -2.20. The molecule has 1 fully saturated rings. The number of benzene rings is 2. The number of rotatable bonds is 8. The highest BCUT2D eigenvalue weighted by atomic mass is 19.1. The van der Waals surface area contributed by atoms with Crippen molar-refractivity contribution in [2.24, 2.45) is 0 Å². The van der Waals surface area contributed by atoms with Crippen LogP contribution in [0, 0.1) is 5.82 Å². The van der Waals surface area contributed by atoms with Crippen molar-refractivity contribution in [1.29, 1.82) is 0 Å². The van der Waals surface area contributed by atoms with Gasteiger partial charge in [-0.05, 0) is 54.9 Å². The molecule has 3 nitrogen and oxygen atoms in total. The number of carboxylic acids is 1. The van der Waals surface area contributed by atoms with Gasteiger partial charge in [0.25, 0.3) is 0 Å². The highest BCUT2D eigenvalue weighted by molar-refractivity contribution is 5.66. The molecule has 4 heteroatoms. The van der Waals surface area contributed by atoms with Gasteiger partial charge in [0, 0.05) is 18.5 Å². The van der Waals surface area contributed by atoms with Crippen LogP contribution in [0.4, 0.5) is 4.39 Å². The van der Waals surface area contributed by atoms with Crippen molar-refractivity contribution in [3.8, 4) is 0 Å². The van der Waals surface area contributed by atoms with Gasteiger partial charge in [-0.15, -0.1) is 0 Å². The Morgan fingerprint density at radius 1 is 1.12 bits per heavy atom. The van der Waals surface area contributed by atoms with E-state index in [2.05, 4.69) is 17.4 Å². The number of nitrogens with one attached hydrogen (secondary N) is 1. The maximum absolute atomic E-state index is 13.2. The van der Waals surface area contributed by atoms with Crippen molar-refractivity contribution < 1.29 is 14.3 Å². The summed E-state index contributed by atoms with van der Waals surface area (Å²) in [6, 6.07) is 17.4. The molecule has 0 saturated heterocycles. The van der Waals surface area contributed by atoms with Crippen LogP contribution >= 0.6 is 0 Å². The third-order valence-electron chi connectivity index (χ3n) is 5.30. The molecule has 3 atom stereocenters. The molecule has 26 heavy (non-hydrogen) atoms. The first-order valence-electron chi connectivity index (χ1n) is 9.39. The monoisotopic (exact) mass is 355 g/mol. The molecule has 1 saturated carbocycles. The first-order chi connectivity index (χ1) is 12.6. The maximum Gasteiger partial charge on any atom is 0.303 e. The van der Waals surface area contributed by atoms with Crippen LogP contribution in [0.1, 0.15) is 49.1 Å². The summed E-state index contributed by atoms with van der Waals surface area (Å²) in [6.45, 7) is 0. The summed E-state index contributed by atoms with van der Waals surface area (Å²) in [4.78, 5) is 11.0. The molecule has 2 N–H and O–H groups in total. The number of carbonyl (C=O) groups is 1. The lowest BCUT2D eigenvalue weighted by atomic mass is 9.92. The summed E-state index contributed by atoms with van der Waals surface area (Å²) in [6.07, 6.45) is 4.88. The van der Waals surface area contributed by atoms with Gasteiger partial charge in [-0.25, -0.2) is 4.39 Å². The molecule has 138 valence electrons. The van der Waals surface area contributed by atoms with Crippen molar-refractivity contribution >= 4 is 5.97 Å². The van der Waals surface area contributed by atoms with Crippen LogP contribution in [0.3, 0.4) is 0 Å².